The second kappa shape index (κ2) is 6.85. The number of nitrogens with zero attached hydrogens (tertiary/aromatic N) is 1. The molecule has 3 nitrogen and oxygen atoms in total. The van der Waals surface area contributed by atoms with Gasteiger partial charge in [-0.3, -0.25) is 4.79 Å². The number of rotatable bonds is 5. The van der Waals surface area contributed by atoms with Gasteiger partial charge in [0.1, 0.15) is 5.75 Å². The van der Waals surface area contributed by atoms with Crippen LogP contribution >= 0.6 is 12.6 Å². The lowest BCUT2D eigenvalue weighted by Crippen LogP contribution is -2.23. The largest absolute Gasteiger partial charge is 0.491 e. The van der Waals surface area contributed by atoms with Crippen molar-refractivity contribution in [1.29, 1.82) is 0 Å². The van der Waals surface area contributed by atoms with Gasteiger partial charge >= 0.3 is 0 Å². The summed E-state index contributed by atoms with van der Waals surface area (Å²) < 4.78 is 7.50. The average Bonchev–Trinajstić information content (AvgIpc) is 2.46. The third-order valence-corrected chi connectivity index (χ3v) is 3.58. The molecule has 0 N–H and O–H groups in total. The second-order valence-electron chi connectivity index (χ2n) is 5.15. The van der Waals surface area contributed by atoms with E-state index in [0.29, 0.717) is 12.3 Å². The highest BCUT2D eigenvalue weighted by Crippen LogP contribution is 2.24. The highest BCUT2D eigenvalue weighted by atomic mass is 32.1. The zero-order chi connectivity index (χ0) is 15.4. The molecule has 112 valence electrons. The molecule has 0 aliphatic heterocycles. The van der Waals surface area contributed by atoms with E-state index in [9.17, 15) is 4.79 Å². The Labute approximate surface area is 131 Å². The molecule has 21 heavy (non-hydrogen) atoms. The van der Waals surface area contributed by atoms with E-state index in [4.69, 9.17) is 4.74 Å². The first-order valence-corrected chi connectivity index (χ1v) is 7.80. The van der Waals surface area contributed by atoms with Gasteiger partial charge in [0, 0.05) is 23.4 Å². The summed E-state index contributed by atoms with van der Waals surface area (Å²) in [5.41, 5.74) is 2.64. The van der Waals surface area contributed by atoms with E-state index in [1.54, 1.807) is 4.57 Å². The van der Waals surface area contributed by atoms with Crippen LogP contribution in [-0.4, -0.2) is 10.7 Å². The van der Waals surface area contributed by atoms with E-state index in [1.165, 1.54) is 0 Å². The average molecular weight is 303 g/mol. The number of hydrogen-bond acceptors (Lipinski definition) is 3. The number of pyridine rings is 1. The SMILES string of the molecule is CCn1c(-c2cccc(OC(C)C)c2)ccc(CS)c1=O. The number of ether oxygens (including phenoxy) is 1. The van der Waals surface area contributed by atoms with E-state index in [2.05, 4.69) is 12.6 Å². The first kappa shape index (κ1) is 15.7. The number of thiol groups is 1. The molecule has 0 amide bonds. The predicted molar refractivity (Wildman–Crippen MR) is 90.3 cm³/mol. The van der Waals surface area contributed by atoms with Gasteiger partial charge in [-0.25, -0.2) is 0 Å². The first-order chi connectivity index (χ1) is 10.1. The maximum atomic E-state index is 12.4. The van der Waals surface area contributed by atoms with Crippen LogP contribution in [0.25, 0.3) is 11.3 Å². The van der Waals surface area contributed by atoms with Crippen molar-refractivity contribution in [1.82, 2.24) is 4.57 Å². The molecule has 0 atom stereocenters. The summed E-state index contributed by atoms with van der Waals surface area (Å²) in [5, 5.41) is 0. The lowest BCUT2D eigenvalue weighted by molar-refractivity contribution is 0.242. The van der Waals surface area contributed by atoms with Gasteiger partial charge in [0.05, 0.1) is 11.8 Å². The van der Waals surface area contributed by atoms with Crippen molar-refractivity contribution in [3.63, 3.8) is 0 Å². The van der Waals surface area contributed by atoms with E-state index in [-0.39, 0.29) is 11.7 Å². The van der Waals surface area contributed by atoms with Gasteiger partial charge in [0.2, 0.25) is 0 Å². The Kier molecular flexibility index (Phi) is 5.12. The standard InChI is InChI=1S/C17H21NO2S/c1-4-18-16(9-8-14(11-21)17(18)19)13-6-5-7-15(10-13)20-12(2)3/h5-10,12,21H,4,11H2,1-3H3. The van der Waals surface area contributed by atoms with Crippen LogP contribution in [0.15, 0.2) is 41.2 Å². The van der Waals surface area contributed by atoms with Gasteiger partial charge in [-0.2, -0.15) is 12.6 Å². The minimum absolute atomic E-state index is 0.0279. The summed E-state index contributed by atoms with van der Waals surface area (Å²) in [4.78, 5) is 12.4. The van der Waals surface area contributed by atoms with Crippen LogP contribution in [0.2, 0.25) is 0 Å². The molecule has 0 unspecified atom stereocenters. The Morgan fingerprint density at radius 2 is 2.00 bits per heavy atom. The van der Waals surface area contributed by atoms with Crippen LogP contribution in [0.3, 0.4) is 0 Å². The smallest absolute Gasteiger partial charge is 0.255 e. The molecule has 1 aromatic heterocycles. The topological polar surface area (TPSA) is 31.2 Å². The fraction of sp³-hybridized carbons (Fsp3) is 0.353. The quantitative estimate of drug-likeness (QED) is 0.853. The second-order valence-corrected chi connectivity index (χ2v) is 5.46. The van der Waals surface area contributed by atoms with Crippen LogP contribution < -0.4 is 10.3 Å². The Morgan fingerprint density at radius 3 is 2.62 bits per heavy atom. The van der Waals surface area contributed by atoms with Crippen molar-refractivity contribution in [3.8, 4) is 17.0 Å². The van der Waals surface area contributed by atoms with Crippen LogP contribution in [0.4, 0.5) is 0 Å². The molecule has 0 aliphatic carbocycles. The third kappa shape index (κ3) is 3.50. The van der Waals surface area contributed by atoms with E-state index >= 15 is 0 Å². The molecule has 0 bridgehead atoms. The van der Waals surface area contributed by atoms with Crippen LogP contribution in [0, 0.1) is 0 Å². The monoisotopic (exact) mass is 303 g/mol. The van der Waals surface area contributed by atoms with Gasteiger partial charge in [0.15, 0.2) is 0 Å². The number of hydrogen-bond donors (Lipinski definition) is 1. The van der Waals surface area contributed by atoms with Crippen molar-refractivity contribution in [2.24, 2.45) is 0 Å². The first-order valence-electron chi connectivity index (χ1n) is 7.17. The van der Waals surface area contributed by atoms with E-state index in [1.807, 2.05) is 57.2 Å². The molecule has 0 spiro atoms. The fourth-order valence-electron chi connectivity index (χ4n) is 2.31. The maximum absolute atomic E-state index is 12.4. The van der Waals surface area contributed by atoms with Crippen molar-refractivity contribution < 1.29 is 4.74 Å². The number of aromatic nitrogens is 1. The Hall–Kier alpha value is -1.68. The summed E-state index contributed by atoms with van der Waals surface area (Å²) in [6.45, 7) is 6.60. The molecule has 2 aromatic rings. The lowest BCUT2D eigenvalue weighted by atomic mass is 10.1. The zero-order valence-electron chi connectivity index (χ0n) is 12.7. The predicted octanol–water partition coefficient (Wildman–Crippen LogP) is 3.75. The summed E-state index contributed by atoms with van der Waals surface area (Å²) in [7, 11) is 0. The lowest BCUT2D eigenvalue weighted by Gasteiger charge is -2.15. The van der Waals surface area contributed by atoms with Gasteiger partial charge in [0.25, 0.3) is 5.56 Å². The maximum Gasteiger partial charge on any atom is 0.255 e. The minimum Gasteiger partial charge on any atom is -0.491 e. The Balaban J connectivity index is 2.51. The summed E-state index contributed by atoms with van der Waals surface area (Å²) in [6.07, 6.45) is 0.125. The highest BCUT2D eigenvalue weighted by molar-refractivity contribution is 7.79. The fourth-order valence-corrected chi connectivity index (χ4v) is 2.55. The van der Waals surface area contributed by atoms with Gasteiger partial charge in [-0.1, -0.05) is 18.2 Å². The van der Waals surface area contributed by atoms with Crippen LogP contribution in [-0.2, 0) is 12.3 Å². The van der Waals surface area contributed by atoms with Crippen molar-refractivity contribution in [2.75, 3.05) is 0 Å². The number of benzene rings is 1. The highest BCUT2D eigenvalue weighted by Gasteiger charge is 2.09. The van der Waals surface area contributed by atoms with Crippen molar-refractivity contribution in [3.05, 3.63) is 52.3 Å². The van der Waals surface area contributed by atoms with E-state index in [0.717, 1.165) is 22.6 Å². The summed E-state index contributed by atoms with van der Waals surface area (Å²) >= 11 is 4.21. The third-order valence-electron chi connectivity index (χ3n) is 3.24. The molecule has 0 fully saturated rings. The molecule has 2 rings (SSSR count). The minimum atomic E-state index is 0.0279. The van der Waals surface area contributed by atoms with Crippen molar-refractivity contribution in [2.45, 2.75) is 39.2 Å². The van der Waals surface area contributed by atoms with Gasteiger partial charge in [-0.15, -0.1) is 0 Å². The molecule has 0 radical (unpaired) electrons. The van der Waals surface area contributed by atoms with Crippen LogP contribution in [0.5, 0.6) is 5.75 Å². The molecule has 0 saturated carbocycles. The molecular weight excluding hydrogens is 282 g/mol. The normalized spacial score (nSPS) is 10.9. The van der Waals surface area contributed by atoms with Crippen LogP contribution in [0.1, 0.15) is 26.3 Å². The van der Waals surface area contributed by atoms with Crippen molar-refractivity contribution >= 4 is 12.6 Å². The molecule has 0 saturated heterocycles. The molecular formula is C17H21NO2S. The Bertz CT molecular complexity index is 677. The molecule has 1 heterocycles. The van der Waals surface area contributed by atoms with Gasteiger partial charge < -0.3 is 9.30 Å². The molecule has 4 heteroatoms. The van der Waals surface area contributed by atoms with E-state index < -0.39 is 0 Å². The Morgan fingerprint density at radius 1 is 1.24 bits per heavy atom. The van der Waals surface area contributed by atoms with Gasteiger partial charge in [-0.05, 0) is 39.0 Å². The summed E-state index contributed by atoms with van der Waals surface area (Å²) in [5.74, 6) is 1.27. The molecule has 0 aliphatic rings. The summed E-state index contributed by atoms with van der Waals surface area (Å²) in [6, 6.07) is 11.7. The molecule has 1 aromatic carbocycles. The zero-order valence-corrected chi connectivity index (χ0v) is 13.6.